The van der Waals surface area contributed by atoms with Crippen molar-refractivity contribution in [2.24, 2.45) is 29.1 Å². The molecule has 2 bridgehead atoms. The van der Waals surface area contributed by atoms with E-state index in [1.54, 1.807) is 0 Å². The summed E-state index contributed by atoms with van der Waals surface area (Å²) in [5, 5.41) is 0. The average Bonchev–Trinajstić information content (AvgIpc) is 3.11. The molecule has 6 heteroatoms. The third kappa shape index (κ3) is 2.70. The summed E-state index contributed by atoms with van der Waals surface area (Å²) < 4.78 is 16.2. The number of carbonyl (C=O) groups excluding carboxylic acids is 3. The van der Waals surface area contributed by atoms with Crippen molar-refractivity contribution < 1.29 is 28.6 Å². The Kier molecular flexibility index (Phi) is 4.34. The molecule has 6 nitrogen and oxygen atoms in total. The fraction of sp³-hybridized carbons (Fsp3) is 0.833. The Labute approximate surface area is 142 Å². The molecule has 1 saturated heterocycles. The van der Waals surface area contributed by atoms with Crippen molar-refractivity contribution in [2.45, 2.75) is 59.2 Å². The summed E-state index contributed by atoms with van der Waals surface area (Å²) in [6, 6.07) is 0. The molecule has 0 aromatic rings. The topological polar surface area (TPSA) is 78.9 Å². The average molecular weight is 338 g/mol. The van der Waals surface area contributed by atoms with Crippen LogP contribution in [0.5, 0.6) is 0 Å². The van der Waals surface area contributed by atoms with Gasteiger partial charge < -0.3 is 14.2 Å². The lowest BCUT2D eigenvalue weighted by Gasteiger charge is -2.29. The van der Waals surface area contributed by atoms with Gasteiger partial charge in [0.05, 0.1) is 17.8 Å². The lowest BCUT2D eigenvalue weighted by atomic mass is 9.80. The maximum atomic E-state index is 12.1. The van der Waals surface area contributed by atoms with Gasteiger partial charge in [-0.05, 0) is 32.6 Å². The van der Waals surface area contributed by atoms with E-state index >= 15 is 0 Å². The second kappa shape index (κ2) is 6.05. The molecule has 3 fully saturated rings. The summed E-state index contributed by atoms with van der Waals surface area (Å²) in [6.45, 7) is 7.60. The molecule has 0 N–H and O–H groups in total. The second-order valence-corrected chi connectivity index (χ2v) is 7.93. The molecule has 6 unspecified atom stereocenters. The van der Waals surface area contributed by atoms with Crippen LogP contribution in [0.2, 0.25) is 0 Å². The van der Waals surface area contributed by atoms with Crippen LogP contribution in [0.1, 0.15) is 47.0 Å². The number of carbonyl (C=O) groups is 3. The van der Waals surface area contributed by atoms with Crippen LogP contribution in [-0.4, -0.2) is 36.7 Å². The molecule has 0 radical (unpaired) electrons. The first kappa shape index (κ1) is 17.2. The predicted molar refractivity (Wildman–Crippen MR) is 83.7 cm³/mol. The zero-order valence-electron chi connectivity index (χ0n) is 14.7. The first-order valence-corrected chi connectivity index (χ1v) is 8.83. The third-order valence-electron chi connectivity index (χ3n) is 6.18. The Hall–Kier alpha value is -1.59. The van der Waals surface area contributed by atoms with Crippen LogP contribution in [0.3, 0.4) is 0 Å². The highest BCUT2D eigenvalue weighted by Gasteiger charge is 2.66. The highest BCUT2D eigenvalue weighted by molar-refractivity contribution is 5.78. The number of rotatable bonds is 6. The van der Waals surface area contributed by atoms with Crippen molar-refractivity contribution >= 4 is 17.9 Å². The second-order valence-electron chi connectivity index (χ2n) is 7.93. The van der Waals surface area contributed by atoms with Gasteiger partial charge in [-0.3, -0.25) is 14.4 Å². The van der Waals surface area contributed by atoms with Crippen molar-refractivity contribution in [1.29, 1.82) is 0 Å². The Bertz CT molecular complexity index is 554. The van der Waals surface area contributed by atoms with E-state index in [-0.39, 0.29) is 60.8 Å². The van der Waals surface area contributed by atoms with Crippen LogP contribution in [0.4, 0.5) is 0 Å². The van der Waals surface area contributed by atoms with Crippen LogP contribution in [-0.2, 0) is 28.6 Å². The molecule has 2 saturated carbocycles. The summed E-state index contributed by atoms with van der Waals surface area (Å²) in [4.78, 5) is 35.8. The standard InChI is InChI=1S/C18H26O6/c1-5-18(3,4)17(21)22-7-6-12(19)23-14-10-8-11-13(9(10)2)16(20)24-15(11)14/h9-11,13-15H,5-8H2,1-4H3. The van der Waals surface area contributed by atoms with Gasteiger partial charge in [-0.1, -0.05) is 13.8 Å². The smallest absolute Gasteiger partial charge is 0.311 e. The number of ether oxygens (including phenoxy) is 3. The number of hydrogen-bond acceptors (Lipinski definition) is 6. The van der Waals surface area contributed by atoms with Crippen LogP contribution in [0.15, 0.2) is 0 Å². The quantitative estimate of drug-likeness (QED) is 0.545. The first-order valence-electron chi connectivity index (χ1n) is 8.83. The lowest BCUT2D eigenvalue weighted by Crippen LogP contribution is -2.39. The molecule has 134 valence electrons. The van der Waals surface area contributed by atoms with Gasteiger partial charge in [0, 0.05) is 11.8 Å². The fourth-order valence-corrected chi connectivity index (χ4v) is 4.28. The van der Waals surface area contributed by atoms with Gasteiger partial charge >= 0.3 is 17.9 Å². The number of hydrogen-bond donors (Lipinski definition) is 0. The molecule has 1 aliphatic heterocycles. The van der Waals surface area contributed by atoms with E-state index in [9.17, 15) is 14.4 Å². The minimum atomic E-state index is -0.545. The van der Waals surface area contributed by atoms with Crippen molar-refractivity contribution in [3.8, 4) is 0 Å². The van der Waals surface area contributed by atoms with Crippen molar-refractivity contribution in [2.75, 3.05) is 6.61 Å². The highest BCUT2D eigenvalue weighted by atomic mass is 16.6. The van der Waals surface area contributed by atoms with Gasteiger partial charge in [0.25, 0.3) is 0 Å². The summed E-state index contributed by atoms with van der Waals surface area (Å²) in [5.74, 6) is -0.288. The van der Waals surface area contributed by atoms with E-state index < -0.39 is 11.4 Å². The molecule has 24 heavy (non-hydrogen) atoms. The van der Waals surface area contributed by atoms with Crippen molar-refractivity contribution in [1.82, 2.24) is 0 Å². The zero-order chi connectivity index (χ0) is 17.6. The molecule has 3 aliphatic rings. The molecule has 3 rings (SSSR count). The largest absolute Gasteiger partial charge is 0.465 e. The van der Waals surface area contributed by atoms with E-state index in [4.69, 9.17) is 14.2 Å². The molecule has 0 aromatic carbocycles. The molecule has 2 aliphatic carbocycles. The summed E-state index contributed by atoms with van der Waals surface area (Å²) in [7, 11) is 0. The maximum absolute atomic E-state index is 12.1. The third-order valence-corrected chi connectivity index (χ3v) is 6.18. The monoisotopic (exact) mass is 338 g/mol. The van der Waals surface area contributed by atoms with Gasteiger partial charge in [-0.15, -0.1) is 0 Å². The SMILES string of the molecule is CCC(C)(C)C(=O)OCCC(=O)OC1C2CC3C1OC(=O)C3C2C. The van der Waals surface area contributed by atoms with Crippen molar-refractivity contribution in [3.63, 3.8) is 0 Å². The summed E-state index contributed by atoms with van der Waals surface area (Å²) >= 11 is 0. The normalized spacial score (nSPS) is 36.6. The van der Waals surface area contributed by atoms with Gasteiger partial charge in [0.2, 0.25) is 0 Å². The molecular formula is C18H26O6. The summed E-state index contributed by atoms with van der Waals surface area (Å²) in [5.41, 5.74) is -0.545. The van der Waals surface area contributed by atoms with Gasteiger partial charge in [0.1, 0.15) is 18.8 Å². The van der Waals surface area contributed by atoms with E-state index in [2.05, 4.69) is 0 Å². The molecule has 0 amide bonds. The maximum Gasteiger partial charge on any atom is 0.311 e. The number of fused-ring (bicyclic) bond motifs is 1. The lowest BCUT2D eigenvalue weighted by molar-refractivity contribution is -0.165. The van der Waals surface area contributed by atoms with E-state index in [1.807, 2.05) is 27.7 Å². The first-order chi connectivity index (χ1) is 11.3. The van der Waals surface area contributed by atoms with Crippen LogP contribution in [0, 0.1) is 29.1 Å². The van der Waals surface area contributed by atoms with Crippen LogP contribution < -0.4 is 0 Å². The van der Waals surface area contributed by atoms with Crippen LogP contribution >= 0.6 is 0 Å². The minimum absolute atomic E-state index is 0.0184. The Morgan fingerprint density at radius 3 is 2.67 bits per heavy atom. The Balaban J connectivity index is 1.48. The predicted octanol–water partition coefficient (Wildman–Crippen LogP) is 2.10. The van der Waals surface area contributed by atoms with E-state index in [0.717, 1.165) is 6.42 Å². The Morgan fingerprint density at radius 2 is 2.00 bits per heavy atom. The molecule has 0 spiro atoms. The molecule has 1 heterocycles. The Morgan fingerprint density at radius 1 is 1.29 bits per heavy atom. The van der Waals surface area contributed by atoms with Gasteiger partial charge in [-0.2, -0.15) is 0 Å². The van der Waals surface area contributed by atoms with Gasteiger partial charge in [-0.25, -0.2) is 0 Å². The highest BCUT2D eigenvalue weighted by Crippen LogP contribution is 2.58. The molecule has 0 aromatic heterocycles. The van der Waals surface area contributed by atoms with Gasteiger partial charge in [0.15, 0.2) is 0 Å². The van der Waals surface area contributed by atoms with E-state index in [0.29, 0.717) is 6.42 Å². The van der Waals surface area contributed by atoms with Crippen LogP contribution in [0.25, 0.3) is 0 Å². The zero-order valence-corrected chi connectivity index (χ0v) is 14.7. The molecular weight excluding hydrogens is 312 g/mol. The number of esters is 3. The summed E-state index contributed by atoms with van der Waals surface area (Å²) in [6.07, 6.45) is 0.961. The minimum Gasteiger partial charge on any atom is -0.465 e. The fourth-order valence-electron chi connectivity index (χ4n) is 4.28. The van der Waals surface area contributed by atoms with Crippen molar-refractivity contribution in [3.05, 3.63) is 0 Å². The van der Waals surface area contributed by atoms with E-state index in [1.165, 1.54) is 0 Å². The molecule has 6 atom stereocenters.